The van der Waals surface area contributed by atoms with Crippen molar-refractivity contribution in [3.05, 3.63) is 34.4 Å². The summed E-state index contributed by atoms with van der Waals surface area (Å²) in [4.78, 5) is 15.5. The first-order valence-corrected chi connectivity index (χ1v) is 9.11. The van der Waals surface area contributed by atoms with Gasteiger partial charge < -0.3 is 23.7 Å². The van der Waals surface area contributed by atoms with Gasteiger partial charge in [-0.15, -0.1) is 5.10 Å². The Balaban J connectivity index is 1.82. The molecule has 0 bridgehead atoms. The number of rotatable bonds is 7. The van der Waals surface area contributed by atoms with Crippen LogP contribution >= 0.6 is 15.9 Å². The van der Waals surface area contributed by atoms with Gasteiger partial charge in [-0.2, -0.15) is 0 Å². The van der Waals surface area contributed by atoms with E-state index in [4.69, 9.17) is 18.9 Å². The summed E-state index contributed by atoms with van der Waals surface area (Å²) >= 11 is 3.51. The van der Waals surface area contributed by atoms with Crippen LogP contribution in [0.25, 0.3) is 5.65 Å². The van der Waals surface area contributed by atoms with Crippen molar-refractivity contribution in [3.8, 4) is 23.1 Å². The average Bonchev–Trinajstić information content (AvgIpc) is 3.13. The average molecular weight is 467 g/mol. The maximum absolute atomic E-state index is 11.3. The fourth-order valence-corrected chi connectivity index (χ4v) is 3.16. The molecule has 0 aliphatic carbocycles. The molecule has 3 rings (SSSR count). The van der Waals surface area contributed by atoms with Gasteiger partial charge in [-0.1, -0.05) is 0 Å². The zero-order valence-corrected chi connectivity index (χ0v) is 17.8. The molecule has 29 heavy (non-hydrogen) atoms. The number of imidazole rings is 1. The largest absolute Gasteiger partial charge is 0.493 e. The number of ether oxygens (including phenoxy) is 5. The maximum atomic E-state index is 11.3. The molecule has 11 heteroatoms. The molecule has 154 valence electrons. The first kappa shape index (κ1) is 20.5. The van der Waals surface area contributed by atoms with E-state index in [1.165, 1.54) is 18.7 Å². The molecule has 0 aliphatic heterocycles. The van der Waals surface area contributed by atoms with Gasteiger partial charge in [-0.25, -0.2) is 14.3 Å². The predicted octanol–water partition coefficient (Wildman–Crippen LogP) is 3.27. The summed E-state index contributed by atoms with van der Waals surface area (Å²) in [6.45, 7) is 0.192. The third-order valence-electron chi connectivity index (χ3n) is 3.93. The molecule has 1 amide bonds. The Labute approximate surface area is 174 Å². The minimum Gasteiger partial charge on any atom is -0.493 e. The summed E-state index contributed by atoms with van der Waals surface area (Å²) < 4.78 is 28.7. The lowest BCUT2D eigenvalue weighted by atomic mass is 10.2. The molecule has 0 radical (unpaired) electrons. The highest BCUT2D eigenvalue weighted by molar-refractivity contribution is 9.10. The van der Waals surface area contributed by atoms with Crippen molar-refractivity contribution in [2.24, 2.45) is 0 Å². The van der Waals surface area contributed by atoms with Crippen LogP contribution in [0.2, 0.25) is 0 Å². The lowest BCUT2D eigenvalue weighted by molar-refractivity contribution is 0.187. The number of amides is 1. The molecule has 3 aromatic rings. The molecule has 10 nitrogen and oxygen atoms in total. The summed E-state index contributed by atoms with van der Waals surface area (Å²) in [5, 5.41) is 6.81. The van der Waals surface area contributed by atoms with E-state index in [0.29, 0.717) is 39.1 Å². The molecular formula is C18H19BrN4O6. The van der Waals surface area contributed by atoms with Crippen molar-refractivity contribution in [3.63, 3.8) is 0 Å². The number of nitrogens with one attached hydrogen (secondary N) is 1. The second-order valence-electron chi connectivity index (χ2n) is 5.62. The number of fused-ring (bicyclic) bond motifs is 1. The number of carbonyl (C=O) groups is 1. The van der Waals surface area contributed by atoms with Crippen molar-refractivity contribution < 1.29 is 28.5 Å². The molecular weight excluding hydrogens is 448 g/mol. The predicted molar refractivity (Wildman–Crippen MR) is 107 cm³/mol. The van der Waals surface area contributed by atoms with Crippen molar-refractivity contribution in [2.75, 3.05) is 33.8 Å². The van der Waals surface area contributed by atoms with Crippen LogP contribution in [0, 0.1) is 0 Å². The smallest absolute Gasteiger partial charge is 0.412 e. The summed E-state index contributed by atoms with van der Waals surface area (Å²) in [6, 6.07) is 5.19. The number of benzene rings is 1. The summed E-state index contributed by atoms with van der Waals surface area (Å²) in [7, 11) is 5.90. The standard InChI is InChI=1S/C18H19BrN4O6/c1-25-11-7-10(15(19)17(27-3)16(11)26-2)9-29-14-6-5-13-20-12(8-23(13)22-14)21-18(24)28-4/h5-8H,9H2,1-4H3,(H,21,24). The molecule has 2 aromatic heterocycles. The molecule has 0 saturated heterocycles. The van der Waals surface area contributed by atoms with Gasteiger partial charge >= 0.3 is 6.09 Å². The second kappa shape index (κ2) is 8.86. The topological polar surface area (TPSA) is 105 Å². The zero-order valence-electron chi connectivity index (χ0n) is 16.2. The van der Waals surface area contributed by atoms with Gasteiger partial charge in [-0.3, -0.25) is 5.32 Å². The molecule has 0 fully saturated rings. The van der Waals surface area contributed by atoms with Crippen LogP contribution in [0.4, 0.5) is 10.6 Å². The molecule has 0 saturated carbocycles. The summed E-state index contributed by atoms with van der Waals surface area (Å²) in [5.74, 6) is 2.17. The summed E-state index contributed by atoms with van der Waals surface area (Å²) in [6.07, 6.45) is 0.936. The minimum absolute atomic E-state index is 0.192. The van der Waals surface area contributed by atoms with E-state index < -0.39 is 6.09 Å². The number of methoxy groups -OCH3 is 4. The minimum atomic E-state index is -0.614. The van der Waals surface area contributed by atoms with Crippen LogP contribution in [0.15, 0.2) is 28.9 Å². The van der Waals surface area contributed by atoms with E-state index in [0.717, 1.165) is 5.56 Å². The van der Waals surface area contributed by atoms with E-state index in [1.807, 2.05) is 0 Å². The Morgan fingerprint density at radius 1 is 1.14 bits per heavy atom. The van der Waals surface area contributed by atoms with Crippen molar-refractivity contribution in [2.45, 2.75) is 6.61 Å². The molecule has 2 heterocycles. The highest BCUT2D eigenvalue weighted by Crippen LogP contribution is 2.44. The number of halogens is 1. The third-order valence-corrected chi connectivity index (χ3v) is 4.80. The number of hydrogen-bond acceptors (Lipinski definition) is 8. The normalized spacial score (nSPS) is 10.5. The second-order valence-corrected chi connectivity index (χ2v) is 6.42. The van der Waals surface area contributed by atoms with E-state index >= 15 is 0 Å². The summed E-state index contributed by atoms with van der Waals surface area (Å²) in [5.41, 5.74) is 1.32. The van der Waals surface area contributed by atoms with Gasteiger partial charge in [0.15, 0.2) is 23.0 Å². The molecule has 0 aliphatic rings. The molecule has 1 aromatic carbocycles. The van der Waals surface area contributed by atoms with E-state index in [2.05, 4.69) is 36.1 Å². The Hall–Kier alpha value is -3.21. The van der Waals surface area contributed by atoms with E-state index in [1.54, 1.807) is 38.6 Å². The molecule has 1 N–H and O–H groups in total. The quantitative estimate of drug-likeness (QED) is 0.565. The van der Waals surface area contributed by atoms with Crippen LogP contribution in [0.3, 0.4) is 0 Å². The van der Waals surface area contributed by atoms with E-state index in [9.17, 15) is 4.79 Å². The molecule has 0 spiro atoms. The van der Waals surface area contributed by atoms with Crippen LogP contribution in [-0.4, -0.2) is 49.1 Å². The first-order chi connectivity index (χ1) is 14.0. The Bertz CT molecular complexity index is 1040. The fourth-order valence-electron chi connectivity index (χ4n) is 2.59. The SMILES string of the molecule is COC(=O)Nc1cn2nc(OCc3cc(OC)c(OC)c(OC)c3Br)ccc2n1. The van der Waals surface area contributed by atoms with Crippen LogP contribution in [0.5, 0.6) is 23.1 Å². The Morgan fingerprint density at radius 2 is 1.90 bits per heavy atom. The number of anilines is 1. The van der Waals surface area contributed by atoms with Crippen LogP contribution in [0.1, 0.15) is 5.56 Å². The van der Waals surface area contributed by atoms with Gasteiger partial charge in [0, 0.05) is 11.6 Å². The third kappa shape index (κ3) is 4.29. The van der Waals surface area contributed by atoms with E-state index in [-0.39, 0.29) is 6.61 Å². The van der Waals surface area contributed by atoms with Crippen LogP contribution < -0.4 is 24.3 Å². The monoisotopic (exact) mass is 466 g/mol. The number of aromatic nitrogens is 3. The lowest BCUT2D eigenvalue weighted by Gasteiger charge is -2.16. The van der Waals surface area contributed by atoms with Gasteiger partial charge in [0.2, 0.25) is 11.6 Å². The molecule has 0 unspecified atom stereocenters. The Kier molecular flexibility index (Phi) is 6.27. The van der Waals surface area contributed by atoms with Gasteiger partial charge in [0.25, 0.3) is 0 Å². The van der Waals surface area contributed by atoms with Crippen LogP contribution in [-0.2, 0) is 11.3 Å². The van der Waals surface area contributed by atoms with Gasteiger partial charge in [0.1, 0.15) is 6.61 Å². The lowest BCUT2D eigenvalue weighted by Crippen LogP contribution is -2.10. The first-order valence-electron chi connectivity index (χ1n) is 8.32. The Morgan fingerprint density at radius 3 is 2.55 bits per heavy atom. The van der Waals surface area contributed by atoms with Gasteiger partial charge in [-0.05, 0) is 28.1 Å². The van der Waals surface area contributed by atoms with Crippen molar-refractivity contribution in [1.82, 2.24) is 14.6 Å². The number of nitrogens with zero attached hydrogens (tertiary/aromatic N) is 3. The number of hydrogen-bond donors (Lipinski definition) is 1. The van der Waals surface area contributed by atoms with Crippen molar-refractivity contribution >= 4 is 33.5 Å². The highest BCUT2D eigenvalue weighted by Gasteiger charge is 2.19. The highest BCUT2D eigenvalue weighted by atomic mass is 79.9. The maximum Gasteiger partial charge on any atom is 0.412 e. The van der Waals surface area contributed by atoms with Gasteiger partial charge in [0.05, 0.1) is 39.1 Å². The van der Waals surface area contributed by atoms with Crippen molar-refractivity contribution in [1.29, 1.82) is 0 Å². The molecule has 0 atom stereocenters. The zero-order chi connectivity index (χ0) is 21.0. The number of carbonyl (C=O) groups excluding carboxylic acids is 1. The fraction of sp³-hybridized carbons (Fsp3) is 0.278.